The van der Waals surface area contributed by atoms with E-state index in [0.717, 1.165) is 69.4 Å². The summed E-state index contributed by atoms with van der Waals surface area (Å²) in [5, 5.41) is 6.29. The zero-order valence-corrected chi connectivity index (χ0v) is 41.8. The molecule has 3 nitrogen and oxygen atoms in total. The van der Waals surface area contributed by atoms with Crippen molar-refractivity contribution in [2.24, 2.45) is 0 Å². The van der Waals surface area contributed by atoms with Gasteiger partial charge in [0.15, 0.2) is 12.9 Å². The average Bonchev–Trinajstić information content (AvgIpc) is 3.73. The molecule has 69 heavy (non-hydrogen) atoms. The summed E-state index contributed by atoms with van der Waals surface area (Å²) in [5.74, 6) is 0. The average molecular weight is 898 g/mol. The maximum atomic E-state index is 7.20. The van der Waals surface area contributed by atoms with Crippen LogP contribution in [0.25, 0.3) is 55.3 Å². The van der Waals surface area contributed by atoms with Gasteiger partial charge in [0.1, 0.15) is 5.58 Å². The lowest BCUT2D eigenvalue weighted by atomic mass is 9.57. The minimum absolute atomic E-state index is 0.00102. The van der Waals surface area contributed by atoms with E-state index in [1.165, 1.54) is 78.8 Å². The Morgan fingerprint density at radius 2 is 1.01 bits per heavy atom. The lowest BCUT2D eigenvalue weighted by molar-refractivity contribution is 0.332. The first kappa shape index (κ1) is 43.5. The predicted molar refractivity (Wildman–Crippen MR) is 295 cm³/mol. The van der Waals surface area contributed by atoms with E-state index in [-0.39, 0.29) is 21.7 Å². The molecular weight excluding hydrogens is 836 g/mol. The number of anilines is 5. The van der Waals surface area contributed by atoms with Crippen LogP contribution < -0.4 is 21.1 Å². The smallest absolute Gasteiger partial charge is 0.198 e. The van der Waals surface area contributed by atoms with Gasteiger partial charge in [-0.15, -0.1) is 0 Å². The first-order valence-corrected chi connectivity index (χ1v) is 25.2. The van der Waals surface area contributed by atoms with Gasteiger partial charge in [-0.1, -0.05) is 170 Å². The zero-order chi connectivity index (χ0) is 47.6. The van der Waals surface area contributed by atoms with Crippen LogP contribution >= 0.6 is 0 Å². The third-order valence-corrected chi connectivity index (χ3v) is 16.5. The van der Waals surface area contributed by atoms with Crippen molar-refractivity contribution in [1.82, 2.24) is 0 Å². The Morgan fingerprint density at radius 3 is 1.67 bits per heavy atom. The van der Waals surface area contributed by atoms with Crippen LogP contribution in [0.4, 0.5) is 28.4 Å². The van der Waals surface area contributed by atoms with Gasteiger partial charge in [-0.2, -0.15) is 0 Å². The topological polar surface area (TPSA) is 28.4 Å². The van der Waals surface area contributed by atoms with Gasteiger partial charge in [0, 0.05) is 39.1 Å². The molecule has 1 aromatic heterocycles. The van der Waals surface area contributed by atoms with Crippen LogP contribution in [0.2, 0.25) is 0 Å². The number of benzene rings is 8. The molecule has 2 aliphatic carbocycles. The molecule has 3 aliphatic rings. The second-order valence-corrected chi connectivity index (χ2v) is 23.0. The number of nitrogens with one attached hydrogen (secondary N) is 1. The summed E-state index contributed by atoms with van der Waals surface area (Å²) in [4.78, 5) is 2.58. The number of furan rings is 1. The molecule has 0 bridgehead atoms. The van der Waals surface area contributed by atoms with Gasteiger partial charge in [-0.25, -0.2) is 0 Å². The van der Waals surface area contributed by atoms with Crippen LogP contribution in [-0.2, 0) is 21.7 Å². The minimum Gasteiger partial charge on any atom is -0.454 e. The molecule has 0 saturated heterocycles. The Morgan fingerprint density at radius 1 is 0.478 bits per heavy atom. The summed E-state index contributed by atoms with van der Waals surface area (Å²) in [6.45, 7) is 21.8. The summed E-state index contributed by atoms with van der Waals surface area (Å²) < 4.78 is 7.20. The Balaban J connectivity index is 1.16. The molecule has 4 heteroatoms. The van der Waals surface area contributed by atoms with E-state index >= 15 is 0 Å². The summed E-state index contributed by atoms with van der Waals surface area (Å²) in [5.41, 5.74) is 24.1. The Bertz CT molecular complexity index is 3500. The molecule has 1 radical (unpaired) electrons. The van der Waals surface area contributed by atoms with E-state index < -0.39 is 0 Å². The van der Waals surface area contributed by atoms with Crippen LogP contribution in [-0.4, -0.2) is 7.28 Å². The normalized spacial score (nSPS) is 17.1. The molecule has 0 atom stereocenters. The van der Waals surface area contributed by atoms with E-state index in [1.807, 2.05) is 0 Å². The highest BCUT2D eigenvalue weighted by atomic mass is 16.3. The van der Waals surface area contributed by atoms with Crippen LogP contribution in [0, 0.1) is 6.92 Å². The van der Waals surface area contributed by atoms with Gasteiger partial charge >= 0.3 is 0 Å². The lowest BCUT2D eigenvalue weighted by Crippen LogP contribution is -2.42. The standard InChI is InChI=1S/C65H62BN2O/c1-40-34-50-53(65(8,9)33-30-62(50,2)3)39-56(40)68-57-35-44(42-20-14-11-15-21-42)26-29-54(57)66-59-48(36-49-46-22-16-17-23-58(46)69-61(49)60(59)68)47-37-51-52(64(6,7)32-31-63(51,4)5)38-55(47)67-45-27-24-43(25-28-45)41-18-12-10-13-19-41/h10-29,34-39,67H,30-33H2,1-9H3. The lowest BCUT2D eigenvalue weighted by Gasteiger charge is -2.44. The molecule has 12 rings (SSSR count). The van der Waals surface area contributed by atoms with Crippen LogP contribution in [0.3, 0.4) is 0 Å². The minimum atomic E-state index is -0.00102. The Kier molecular flexibility index (Phi) is 9.85. The molecule has 0 spiro atoms. The molecule has 0 amide bonds. The second-order valence-electron chi connectivity index (χ2n) is 23.0. The highest BCUT2D eigenvalue weighted by Gasteiger charge is 2.41. The van der Waals surface area contributed by atoms with Gasteiger partial charge < -0.3 is 14.6 Å². The van der Waals surface area contributed by atoms with E-state index in [4.69, 9.17) is 4.42 Å². The fraction of sp³-hybridized carbons (Fsp3) is 0.262. The van der Waals surface area contributed by atoms with Crippen LogP contribution in [0.1, 0.15) is 109 Å². The molecule has 1 N–H and O–H groups in total. The molecule has 0 unspecified atom stereocenters. The highest BCUT2D eigenvalue weighted by molar-refractivity contribution is 6.74. The molecule has 8 aromatic carbocycles. The summed E-state index contributed by atoms with van der Waals surface area (Å²) in [6.07, 6.45) is 4.58. The van der Waals surface area contributed by atoms with Gasteiger partial charge in [0.2, 0.25) is 0 Å². The zero-order valence-electron chi connectivity index (χ0n) is 41.8. The van der Waals surface area contributed by atoms with E-state index in [2.05, 4.69) is 238 Å². The number of hydrogen-bond donors (Lipinski definition) is 1. The van der Waals surface area contributed by atoms with Crippen molar-refractivity contribution in [3.8, 4) is 33.4 Å². The quantitative estimate of drug-likeness (QED) is 0.169. The summed E-state index contributed by atoms with van der Waals surface area (Å²) in [6, 6.07) is 58.7. The number of hydrogen-bond acceptors (Lipinski definition) is 3. The fourth-order valence-corrected chi connectivity index (χ4v) is 12.1. The molecule has 1 aliphatic heterocycles. The highest BCUT2D eigenvalue weighted by Crippen LogP contribution is 2.53. The van der Waals surface area contributed by atoms with Crippen molar-refractivity contribution in [3.63, 3.8) is 0 Å². The molecule has 0 saturated carbocycles. The summed E-state index contributed by atoms with van der Waals surface area (Å²) >= 11 is 0. The first-order valence-electron chi connectivity index (χ1n) is 25.2. The SMILES string of the molecule is Cc1cc2c(cc1N1c3cc(-c4ccccc4)ccc3[B]c3c(-c4cc5c(cc4Nc4ccc(-c6ccccc6)cc4)C(C)(C)CCC5(C)C)cc4c(oc5ccccc54)c31)C(C)(C)CCC2(C)C. The maximum absolute atomic E-state index is 7.20. The van der Waals surface area contributed by atoms with Gasteiger partial charge in [0.05, 0.1) is 5.69 Å². The molecular formula is C65H62BN2O. The molecule has 341 valence electrons. The van der Waals surface area contributed by atoms with Gasteiger partial charge in [0.25, 0.3) is 0 Å². The third kappa shape index (κ3) is 7.16. The van der Waals surface area contributed by atoms with E-state index in [0.29, 0.717) is 0 Å². The molecule has 9 aromatic rings. The van der Waals surface area contributed by atoms with Crippen molar-refractivity contribution in [2.45, 2.75) is 110 Å². The predicted octanol–water partition coefficient (Wildman–Crippen LogP) is 16.8. The fourth-order valence-electron chi connectivity index (χ4n) is 12.1. The van der Waals surface area contributed by atoms with Crippen molar-refractivity contribution in [1.29, 1.82) is 0 Å². The van der Waals surface area contributed by atoms with Gasteiger partial charge in [-0.05, 0) is 164 Å². The van der Waals surface area contributed by atoms with Crippen LogP contribution in [0.5, 0.6) is 0 Å². The van der Waals surface area contributed by atoms with Gasteiger partial charge in [-0.3, -0.25) is 0 Å². The number of para-hydroxylation sites is 1. The largest absolute Gasteiger partial charge is 0.454 e. The van der Waals surface area contributed by atoms with Crippen molar-refractivity contribution < 1.29 is 4.42 Å². The van der Waals surface area contributed by atoms with Crippen molar-refractivity contribution in [3.05, 3.63) is 186 Å². The maximum Gasteiger partial charge on any atom is 0.198 e. The molecule has 0 fully saturated rings. The number of rotatable bonds is 6. The Hall–Kier alpha value is -6.78. The van der Waals surface area contributed by atoms with Crippen molar-refractivity contribution >= 4 is 68.6 Å². The number of fused-ring (bicyclic) bond motifs is 8. The van der Waals surface area contributed by atoms with E-state index in [9.17, 15) is 0 Å². The number of nitrogens with zero attached hydrogens (tertiary/aromatic N) is 1. The first-order chi connectivity index (χ1) is 33.1. The monoisotopic (exact) mass is 897 g/mol. The van der Waals surface area contributed by atoms with Crippen molar-refractivity contribution in [2.75, 3.05) is 10.2 Å². The Labute approximate surface area is 409 Å². The number of aryl methyl sites for hydroxylation is 1. The van der Waals surface area contributed by atoms with E-state index in [1.54, 1.807) is 0 Å². The second kappa shape index (κ2) is 15.6. The summed E-state index contributed by atoms with van der Waals surface area (Å²) in [7, 11) is 2.45. The molecule has 2 heterocycles. The van der Waals surface area contributed by atoms with Crippen LogP contribution in [0.15, 0.2) is 162 Å². The third-order valence-electron chi connectivity index (χ3n) is 16.5.